The minimum Gasteiger partial charge on any atom is -0.507 e. The molecule has 1 N–H and O–H groups in total. The van der Waals surface area contributed by atoms with Gasteiger partial charge in [-0.25, -0.2) is 4.39 Å². The Bertz CT molecular complexity index is 343. The third-order valence-corrected chi connectivity index (χ3v) is 1.65. The molecule has 4 heteroatoms. The summed E-state index contributed by atoms with van der Waals surface area (Å²) in [5.74, 6) is -0.356. The van der Waals surface area contributed by atoms with Gasteiger partial charge in [-0.15, -0.1) is 12.6 Å². The van der Waals surface area contributed by atoms with Crippen LogP contribution in [0.3, 0.4) is 0 Å². The van der Waals surface area contributed by atoms with E-state index >= 15 is 0 Å². The van der Waals surface area contributed by atoms with Gasteiger partial charge in [-0.05, 0) is 24.3 Å². The number of rotatable bonds is 2. The maximum Gasteiger partial charge on any atom is 0.124 e. The van der Waals surface area contributed by atoms with E-state index in [1.807, 2.05) is 0 Å². The molecule has 1 aromatic rings. The first kappa shape index (κ1) is 10.2. The number of hydrogen-bond donors (Lipinski definition) is 2. The standard InChI is InChI=1S/C9H7FOS2/c10-7-3-1-6(2-4-7)8(11)5-9(12)13/h1-5,11H,(H,12,13)/b8-5-. The molecule has 0 fully saturated rings. The average molecular weight is 214 g/mol. The third kappa shape index (κ3) is 3.16. The minimum absolute atomic E-state index is 0.0139. The van der Waals surface area contributed by atoms with Gasteiger partial charge in [0, 0.05) is 11.6 Å². The van der Waals surface area contributed by atoms with Gasteiger partial charge in [0.1, 0.15) is 11.6 Å². The average Bonchev–Trinajstić information content (AvgIpc) is 2.04. The maximum atomic E-state index is 12.5. The molecule has 0 aliphatic rings. The van der Waals surface area contributed by atoms with Crippen molar-refractivity contribution in [1.82, 2.24) is 0 Å². The van der Waals surface area contributed by atoms with Crippen LogP contribution in [-0.4, -0.2) is 9.30 Å². The summed E-state index contributed by atoms with van der Waals surface area (Å²) in [7, 11) is 0. The predicted molar refractivity (Wildman–Crippen MR) is 58.6 cm³/mol. The molecule has 0 amide bonds. The number of thiocarbonyl (C=S) groups is 1. The molecule has 0 aliphatic heterocycles. The molecule has 0 radical (unpaired) electrons. The second-order valence-electron chi connectivity index (χ2n) is 2.37. The van der Waals surface area contributed by atoms with Crippen molar-refractivity contribution in [1.29, 1.82) is 0 Å². The Morgan fingerprint density at radius 3 is 2.38 bits per heavy atom. The van der Waals surface area contributed by atoms with E-state index in [-0.39, 0.29) is 15.8 Å². The summed E-state index contributed by atoms with van der Waals surface area (Å²) in [6.45, 7) is 0. The van der Waals surface area contributed by atoms with Crippen LogP contribution in [0.4, 0.5) is 4.39 Å². The van der Waals surface area contributed by atoms with Gasteiger partial charge in [-0.1, -0.05) is 12.2 Å². The highest BCUT2D eigenvalue weighted by molar-refractivity contribution is 8.11. The van der Waals surface area contributed by atoms with Crippen molar-refractivity contribution in [3.63, 3.8) is 0 Å². The number of aliphatic hydroxyl groups is 1. The first-order chi connectivity index (χ1) is 6.09. The fourth-order valence-corrected chi connectivity index (χ4v) is 1.05. The van der Waals surface area contributed by atoms with Gasteiger partial charge in [0.05, 0.1) is 4.20 Å². The Hall–Kier alpha value is -0.870. The van der Waals surface area contributed by atoms with Crippen LogP contribution in [0.15, 0.2) is 30.3 Å². The zero-order chi connectivity index (χ0) is 9.84. The summed E-state index contributed by atoms with van der Waals surface area (Å²) in [5, 5.41) is 9.38. The lowest BCUT2D eigenvalue weighted by molar-refractivity contribution is 0.512. The van der Waals surface area contributed by atoms with E-state index in [1.165, 1.54) is 30.3 Å². The predicted octanol–water partition coefficient (Wildman–Crippen LogP) is 2.98. The molecule has 0 atom stereocenters. The molecule has 0 saturated carbocycles. The van der Waals surface area contributed by atoms with Crippen molar-refractivity contribution in [3.05, 3.63) is 41.7 Å². The van der Waals surface area contributed by atoms with Gasteiger partial charge < -0.3 is 5.11 Å². The monoisotopic (exact) mass is 214 g/mol. The van der Waals surface area contributed by atoms with E-state index < -0.39 is 0 Å². The van der Waals surface area contributed by atoms with Crippen molar-refractivity contribution >= 4 is 34.8 Å². The second-order valence-corrected chi connectivity index (χ2v) is 3.60. The highest BCUT2D eigenvalue weighted by Gasteiger charge is 1.98. The Balaban J connectivity index is 2.96. The van der Waals surface area contributed by atoms with Crippen LogP contribution < -0.4 is 0 Å². The van der Waals surface area contributed by atoms with Crippen molar-refractivity contribution < 1.29 is 9.50 Å². The SMILES string of the molecule is O/C(=C\C(=S)S)c1ccc(F)cc1. The van der Waals surface area contributed by atoms with Crippen LogP contribution in [0.1, 0.15) is 5.56 Å². The van der Waals surface area contributed by atoms with Crippen LogP contribution in [0.2, 0.25) is 0 Å². The summed E-state index contributed by atoms with van der Waals surface area (Å²) < 4.78 is 12.8. The van der Waals surface area contributed by atoms with Crippen LogP contribution in [0, 0.1) is 5.82 Å². The van der Waals surface area contributed by atoms with Crippen LogP contribution in [0.5, 0.6) is 0 Å². The Morgan fingerprint density at radius 2 is 1.92 bits per heavy atom. The maximum absolute atomic E-state index is 12.5. The number of hydrogen-bond acceptors (Lipinski definition) is 2. The van der Waals surface area contributed by atoms with E-state index in [9.17, 15) is 9.50 Å². The molecule has 0 heterocycles. The van der Waals surface area contributed by atoms with Crippen molar-refractivity contribution in [2.45, 2.75) is 0 Å². The number of thiol groups is 1. The number of halogens is 1. The molecule has 0 bridgehead atoms. The summed E-state index contributed by atoms with van der Waals surface area (Å²) in [6.07, 6.45) is 1.33. The number of aliphatic hydroxyl groups excluding tert-OH is 1. The van der Waals surface area contributed by atoms with Gasteiger partial charge in [0.2, 0.25) is 0 Å². The summed E-state index contributed by atoms with van der Waals surface area (Å²) in [5.41, 5.74) is 0.512. The van der Waals surface area contributed by atoms with E-state index in [0.29, 0.717) is 5.56 Å². The van der Waals surface area contributed by atoms with E-state index in [1.54, 1.807) is 0 Å². The van der Waals surface area contributed by atoms with Gasteiger partial charge in [-0.2, -0.15) is 0 Å². The molecule has 0 unspecified atom stereocenters. The normalized spacial score (nSPS) is 11.4. The van der Waals surface area contributed by atoms with Crippen LogP contribution in [-0.2, 0) is 0 Å². The highest BCUT2D eigenvalue weighted by Crippen LogP contribution is 2.12. The molecule has 13 heavy (non-hydrogen) atoms. The van der Waals surface area contributed by atoms with Gasteiger partial charge in [-0.3, -0.25) is 0 Å². The Morgan fingerprint density at radius 1 is 1.38 bits per heavy atom. The Labute approximate surface area is 86.3 Å². The summed E-state index contributed by atoms with van der Waals surface area (Å²) in [4.78, 5) is 0. The van der Waals surface area contributed by atoms with E-state index in [2.05, 4.69) is 24.8 Å². The van der Waals surface area contributed by atoms with Gasteiger partial charge in [0.25, 0.3) is 0 Å². The molecule has 1 rings (SSSR count). The lowest BCUT2D eigenvalue weighted by Gasteiger charge is -1.98. The first-order valence-corrected chi connectivity index (χ1v) is 4.34. The minimum atomic E-state index is -0.343. The second kappa shape index (κ2) is 4.39. The fourth-order valence-electron chi connectivity index (χ4n) is 0.821. The third-order valence-electron chi connectivity index (χ3n) is 1.40. The Kier molecular flexibility index (Phi) is 3.45. The summed E-state index contributed by atoms with van der Waals surface area (Å²) >= 11 is 8.48. The molecule has 0 aliphatic carbocycles. The lowest BCUT2D eigenvalue weighted by atomic mass is 10.2. The zero-order valence-electron chi connectivity index (χ0n) is 6.57. The molecular formula is C9H7FOS2. The topological polar surface area (TPSA) is 20.2 Å². The quantitative estimate of drug-likeness (QED) is 0.341. The van der Waals surface area contributed by atoms with E-state index in [4.69, 9.17) is 0 Å². The molecule has 0 spiro atoms. The molecular weight excluding hydrogens is 207 g/mol. The smallest absolute Gasteiger partial charge is 0.124 e. The van der Waals surface area contributed by atoms with Crippen molar-refractivity contribution in [3.8, 4) is 0 Å². The summed E-state index contributed by atoms with van der Waals surface area (Å²) in [6, 6.07) is 5.46. The zero-order valence-corrected chi connectivity index (χ0v) is 8.28. The van der Waals surface area contributed by atoms with Crippen molar-refractivity contribution in [2.75, 3.05) is 0 Å². The molecule has 1 aromatic carbocycles. The largest absolute Gasteiger partial charge is 0.507 e. The lowest BCUT2D eigenvalue weighted by Crippen LogP contribution is -1.85. The highest BCUT2D eigenvalue weighted by atomic mass is 32.1. The van der Waals surface area contributed by atoms with Crippen LogP contribution in [0.25, 0.3) is 5.76 Å². The van der Waals surface area contributed by atoms with Crippen LogP contribution >= 0.6 is 24.8 Å². The van der Waals surface area contributed by atoms with E-state index in [0.717, 1.165) is 0 Å². The van der Waals surface area contributed by atoms with Crippen molar-refractivity contribution in [2.24, 2.45) is 0 Å². The molecule has 68 valence electrons. The van der Waals surface area contributed by atoms with Gasteiger partial charge >= 0.3 is 0 Å². The first-order valence-electron chi connectivity index (χ1n) is 3.49. The number of benzene rings is 1. The molecule has 0 aromatic heterocycles. The fraction of sp³-hybridized carbons (Fsp3) is 0. The molecule has 1 nitrogen and oxygen atoms in total. The molecule has 0 saturated heterocycles. The van der Waals surface area contributed by atoms with Gasteiger partial charge in [0.15, 0.2) is 0 Å².